The highest BCUT2D eigenvalue weighted by Gasteiger charge is 2.12. The number of pyridine rings is 1. The number of para-hydroxylation sites is 1. The topological polar surface area (TPSA) is 70.7 Å². The number of amides is 1. The molecule has 0 fully saturated rings. The first-order valence-electron chi connectivity index (χ1n) is 7.18. The molecule has 0 radical (unpaired) electrons. The van der Waals surface area contributed by atoms with Gasteiger partial charge in [0.05, 0.1) is 21.3 Å². The number of hydrogen-bond donors (Lipinski definition) is 2. The minimum Gasteiger partial charge on any atom is -0.334 e. The van der Waals surface area contributed by atoms with Gasteiger partial charge in [-0.1, -0.05) is 59.3 Å². The molecule has 1 amide bonds. The van der Waals surface area contributed by atoms with Crippen LogP contribution in [0.5, 0.6) is 0 Å². The van der Waals surface area contributed by atoms with Gasteiger partial charge in [-0.2, -0.15) is 0 Å². The number of hydrogen-bond acceptors (Lipinski definition) is 5. The number of fused-ring (bicyclic) bond motifs is 1. The SMILES string of the molecule is Cc1c(Cl)cnc(NC(=O)CSc2nc(=S)c3ccccc3[nH]2)c1Cl. The maximum Gasteiger partial charge on any atom is 0.236 e. The summed E-state index contributed by atoms with van der Waals surface area (Å²) in [4.78, 5) is 23.7. The first-order valence-corrected chi connectivity index (χ1v) is 9.33. The van der Waals surface area contributed by atoms with Crippen molar-refractivity contribution < 1.29 is 4.79 Å². The number of benzene rings is 1. The molecule has 0 bridgehead atoms. The standard InChI is InChI=1S/C16H12Cl2N4OS2/c1-8-10(17)6-19-14(13(8)18)21-12(23)7-25-16-20-11-5-3-2-4-9(11)15(24)22-16/h2-6H,7H2,1H3,(H,19,21,23)(H,20,22,24). The number of nitrogens with one attached hydrogen (secondary N) is 2. The Bertz CT molecular complexity index is 1020. The van der Waals surface area contributed by atoms with Gasteiger partial charge in [0, 0.05) is 11.6 Å². The Balaban J connectivity index is 1.71. The van der Waals surface area contributed by atoms with Crippen LogP contribution in [0, 0.1) is 11.6 Å². The number of rotatable bonds is 4. The number of halogens is 2. The minimum atomic E-state index is -0.254. The van der Waals surface area contributed by atoms with E-state index in [1.54, 1.807) is 6.92 Å². The molecule has 0 unspecified atom stereocenters. The van der Waals surface area contributed by atoms with Gasteiger partial charge < -0.3 is 10.3 Å². The van der Waals surface area contributed by atoms with Gasteiger partial charge in [0.25, 0.3) is 0 Å². The van der Waals surface area contributed by atoms with E-state index in [0.29, 0.717) is 25.4 Å². The second-order valence-corrected chi connectivity index (χ2v) is 7.26. The van der Waals surface area contributed by atoms with Crippen LogP contribution in [-0.4, -0.2) is 26.6 Å². The molecule has 0 aliphatic heterocycles. The minimum absolute atomic E-state index is 0.135. The Morgan fingerprint density at radius 1 is 1.36 bits per heavy atom. The molecule has 128 valence electrons. The van der Waals surface area contributed by atoms with E-state index in [0.717, 1.165) is 10.9 Å². The van der Waals surface area contributed by atoms with Crippen molar-refractivity contribution in [1.29, 1.82) is 0 Å². The molecule has 0 saturated heterocycles. The van der Waals surface area contributed by atoms with Crippen LogP contribution in [0.4, 0.5) is 5.82 Å². The molecular weight excluding hydrogens is 399 g/mol. The predicted octanol–water partition coefficient (Wildman–Crippen LogP) is 5.03. The molecule has 0 aliphatic carbocycles. The van der Waals surface area contributed by atoms with Crippen LogP contribution in [0.1, 0.15) is 5.56 Å². The molecule has 3 rings (SSSR count). The summed E-state index contributed by atoms with van der Waals surface area (Å²) in [5.74, 6) is 0.167. The number of carbonyl (C=O) groups is 1. The van der Waals surface area contributed by atoms with Crippen molar-refractivity contribution >= 4 is 69.8 Å². The summed E-state index contributed by atoms with van der Waals surface area (Å²) in [5, 5.41) is 4.90. The maximum atomic E-state index is 12.2. The Hall–Kier alpha value is -1.67. The average molecular weight is 411 g/mol. The van der Waals surface area contributed by atoms with E-state index < -0.39 is 0 Å². The lowest BCUT2D eigenvalue weighted by atomic mass is 10.2. The number of aromatic amines is 1. The van der Waals surface area contributed by atoms with E-state index >= 15 is 0 Å². The molecule has 0 spiro atoms. The number of H-pyrrole nitrogens is 1. The number of aromatic nitrogens is 3. The summed E-state index contributed by atoms with van der Waals surface area (Å²) in [5.41, 5.74) is 1.55. The Kier molecular flexibility index (Phi) is 5.58. The van der Waals surface area contributed by atoms with E-state index in [2.05, 4.69) is 20.3 Å². The molecule has 2 N–H and O–H groups in total. The molecule has 0 aliphatic rings. The van der Waals surface area contributed by atoms with Crippen molar-refractivity contribution in [2.45, 2.75) is 12.1 Å². The summed E-state index contributed by atoms with van der Waals surface area (Å²) in [6.45, 7) is 1.76. The van der Waals surface area contributed by atoms with Crippen molar-refractivity contribution in [3.05, 3.63) is 50.7 Å². The van der Waals surface area contributed by atoms with Gasteiger partial charge in [-0.15, -0.1) is 0 Å². The van der Waals surface area contributed by atoms with E-state index in [1.807, 2.05) is 24.3 Å². The third-order valence-corrected chi connectivity index (χ3v) is 5.43. The Morgan fingerprint density at radius 3 is 2.92 bits per heavy atom. The highest BCUT2D eigenvalue weighted by Crippen LogP contribution is 2.28. The number of thioether (sulfide) groups is 1. The van der Waals surface area contributed by atoms with Gasteiger partial charge in [-0.25, -0.2) is 9.97 Å². The molecule has 2 aromatic heterocycles. The van der Waals surface area contributed by atoms with Crippen molar-refractivity contribution in [2.24, 2.45) is 0 Å². The fourth-order valence-electron chi connectivity index (χ4n) is 2.09. The second-order valence-electron chi connectivity index (χ2n) is 5.12. The molecule has 0 saturated carbocycles. The highest BCUT2D eigenvalue weighted by molar-refractivity contribution is 7.99. The van der Waals surface area contributed by atoms with E-state index in [4.69, 9.17) is 35.4 Å². The number of carbonyl (C=O) groups excluding carboxylic acids is 1. The van der Waals surface area contributed by atoms with Crippen LogP contribution in [0.15, 0.2) is 35.6 Å². The van der Waals surface area contributed by atoms with Crippen LogP contribution >= 0.6 is 47.2 Å². The number of nitrogens with zero attached hydrogens (tertiary/aromatic N) is 2. The molecule has 9 heteroatoms. The highest BCUT2D eigenvalue weighted by atomic mass is 35.5. The molecule has 5 nitrogen and oxygen atoms in total. The van der Waals surface area contributed by atoms with Gasteiger partial charge >= 0.3 is 0 Å². The fraction of sp³-hybridized carbons (Fsp3) is 0.125. The van der Waals surface area contributed by atoms with Crippen LogP contribution in [-0.2, 0) is 4.79 Å². The lowest BCUT2D eigenvalue weighted by Crippen LogP contribution is -2.16. The van der Waals surface area contributed by atoms with Gasteiger partial charge in [0.1, 0.15) is 4.64 Å². The van der Waals surface area contributed by atoms with Crippen LogP contribution in [0.2, 0.25) is 10.0 Å². The van der Waals surface area contributed by atoms with E-state index in [-0.39, 0.29) is 17.5 Å². The summed E-state index contributed by atoms with van der Waals surface area (Å²) in [6, 6.07) is 7.63. The molecule has 25 heavy (non-hydrogen) atoms. The van der Waals surface area contributed by atoms with E-state index in [1.165, 1.54) is 18.0 Å². The van der Waals surface area contributed by atoms with Gasteiger partial charge in [0.2, 0.25) is 5.91 Å². The zero-order valence-corrected chi connectivity index (χ0v) is 16.1. The summed E-state index contributed by atoms with van der Waals surface area (Å²) >= 11 is 18.6. The third kappa shape index (κ3) is 4.12. The average Bonchev–Trinajstić information content (AvgIpc) is 2.60. The van der Waals surface area contributed by atoms with Crippen molar-refractivity contribution in [3.63, 3.8) is 0 Å². The first-order chi connectivity index (χ1) is 12.0. The Morgan fingerprint density at radius 2 is 2.12 bits per heavy atom. The van der Waals surface area contributed by atoms with Crippen molar-refractivity contribution in [3.8, 4) is 0 Å². The molecule has 3 aromatic rings. The predicted molar refractivity (Wildman–Crippen MR) is 105 cm³/mol. The van der Waals surface area contributed by atoms with E-state index in [9.17, 15) is 4.79 Å². The van der Waals surface area contributed by atoms with Crippen LogP contribution in [0.3, 0.4) is 0 Å². The molecule has 0 atom stereocenters. The van der Waals surface area contributed by atoms with Gasteiger partial charge in [-0.05, 0) is 24.6 Å². The number of anilines is 1. The lowest BCUT2D eigenvalue weighted by Gasteiger charge is -2.09. The van der Waals surface area contributed by atoms with Crippen molar-refractivity contribution in [2.75, 3.05) is 11.1 Å². The van der Waals surface area contributed by atoms with Crippen LogP contribution < -0.4 is 5.32 Å². The zero-order chi connectivity index (χ0) is 18.0. The smallest absolute Gasteiger partial charge is 0.236 e. The fourth-order valence-corrected chi connectivity index (χ4v) is 3.48. The van der Waals surface area contributed by atoms with Crippen LogP contribution in [0.25, 0.3) is 10.9 Å². The normalized spacial score (nSPS) is 10.8. The molecular formula is C16H12Cl2N4OS2. The van der Waals surface area contributed by atoms with Gasteiger partial charge in [0.15, 0.2) is 11.0 Å². The summed E-state index contributed by atoms with van der Waals surface area (Å²) < 4.78 is 0.496. The summed E-state index contributed by atoms with van der Waals surface area (Å²) in [7, 11) is 0. The monoisotopic (exact) mass is 410 g/mol. The quantitative estimate of drug-likeness (QED) is 0.358. The Labute approximate surface area is 163 Å². The second kappa shape index (κ2) is 7.70. The maximum absolute atomic E-state index is 12.2. The lowest BCUT2D eigenvalue weighted by molar-refractivity contribution is -0.113. The summed E-state index contributed by atoms with van der Waals surface area (Å²) in [6.07, 6.45) is 1.45. The molecule has 2 heterocycles. The third-order valence-electron chi connectivity index (χ3n) is 3.40. The largest absolute Gasteiger partial charge is 0.334 e. The van der Waals surface area contributed by atoms with Crippen molar-refractivity contribution in [1.82, 2.24) is 15.0 Å². The zero-order valence-electron chi connectivity index (χ0n) is 13.0. The molecule has 1 aromatic carbocycles. The first kappa shape index (κ1) is 18.1. The van der Waals surface area contributed by atoms with Gasteiger partial charge in [-0.3, -0.25) is 4.79 Å².